The summed E-state index contributed by atoms with van der Waals surface area (Å²) in [7, 11) is 0. The monoisotopic (exact) mass is 250 g/mol. The quantitative estimate of drug-likeness (QED) is 0.445. The second kappa shape index (κ2) is 9.59. The van der Waals surface area contributed by atoms with E-state index in [4.69, 9.17) is 9.90 Å². The first-order valence-electron chi connectivity index (χ1n) is 4.95. The number of aliphatic hydroxyl groups excluding tert-OH is 1. The molecule has 0 amide bonds. The molecular formula is C14H11NaO3. The third kappa shape index (κ3) is 5.27. The van der Waals surface area contributed by atoms with Crippen LogP contribution in [0.15, 0.2) is 60.7 Å². The summed E-state index contributed by atoms with van der Waals surface area (Å²) in [5.74, 6) is 0.0752. The number of rotatable bonds is 2. The molecule has 0 saturated heterocycles. The fraction of sp³-hybridized carbons (Fsp3) is 0. The van der Waals surface area contributed by atoms with Gasteiger partial charge >= 0.3 is 29.6 Å². The van der Waals surface area contributed by atoms with Gasteiger partial charge in [-0.1, -0.05) is 67.1 Å². The van der Waals surface area contributed by atoms with Gasteiger partial charge in [-0.05, 0) is 0 Å². The molecule has 3 nitrogen and oxygen atoms in total. The molecule has 0 radical (unpaired) electrons. The third-order valence-corrected chi connectivity index (χ3v) is 2.07. The van der Waals surface area contributed by atoms with Crippen molar-refractivity contribution in [2.75, 3.05) is 0 Å². The molecule has 18 heavy (non-hydrogen) atoms. The van der Waals surface area contributed by atoms with Gasteiger partial charge in [-0.3, -0.25) is 4.79 Å². The molecule has 0 aromatic heterocycles. The van der Waals surface area contributed by atoms with E-state index in [-0.39, 0.29) is 35.3 Å². The number of ketones is 1. The van der Waals surface area contributed by atoms with Crippen LogP contribution in [0.4, 0.5) is 0 Å². The first-order valence-corrected chi connectivity index (χ1v) is 4.95. The van der Waals surface area contributed by atoms with Crippen molar-refractivity contribution in [3.05, 3.63) is 71.8 Å². The van der Waals surface area contributed by atoms with Gasteiger partial charge in [0.2, 0.25) is 0 Å². The predicted molar refractivity (Wildman–Crippen MR) is 64.6 cm³/mol. The number of carbonyl (C=O) groups is 1. The van der Waals surface area contributed by atoms with Crippen molar-refractivity contribution in [1.29, 1.82) is 0 Å². The first-order chi connectivity index (χ1) is 8.29. The number of carbonyl (C=O) groups excluding carboxylic acids is 1. The van der Waals surface area contributed by atoms with Gasteiger partial charge in [-0.25, -0.2) is 0 Å². The van der Waals surface area contributed by atoms with Crippen LogP contribution in [0.5, 0.6) is 0 Å². The van der Waals surface area contributed by atoms with E-state index < -0.39 is 0 Å². The molecule has 0 aliphatic rings. The normalized spacial score (nSPS) is 8.22. The van der Waals surface area contributed by atoms with Gasteiger partial charge in [-0.15, -0.1) is 0 Å². The molecule has 2 rings (SSSR count). The van der Waals surface area contributed by atoms with Crippen molar-refractivity contribution >= 4 is 12.3 Å². The summed E-state index contributed by atoms with van der Waals surface area (Å²) in [5, 5.41) is 6.76. The molecule has 0 spiro atoms. The summed E-state index contributed by atoms with van der Waals surface area (Å²) < 4.78 is 0. The van der Waals surface area contributed by atoms with Gasteiger partial charge in [0.25, 0.3) is 0 Å². The van der Waals surface area contributed by atoms with E-state index in [2.05, 4.69) is 0 Å². The van der Waals surface area contributed by atoms with Crippen molar-refractivity contribution in [3.8, 4) is 0 Å². The van der Waals surface area contributed by atoms with Crippen molar-refractivity contribution in [3.63, 3.8) is 0 Å². The van der Waals surface area contributed by atoms with Gasteiger partial charge in [-0.2, -0.15) is 0 Å². The summed E-state index contributed by atoms with van der Waals surface area (Å²) >= 11 is 0. The van der Waals surface area contributed by atoms with E-state index >= 15 is 0 Å². The summed E-state index contributed by atoms with van der Waals surface area (Å²) in [6, 6.07) is 18.6. The fourth-order valence-corrected chi connectivity index (χ4v) is 1.35. The van der Waals surface area contributed by atoms with E-state index in [9.17, 15) is 4.79 Å². The van der Waals surface area contributed by atoms with E-state index in [1.54, 1.807) is 0 Å². The Hall–Kier alpha value is -1.42. The van der Waals surface area contributed by atoms with E-state index in [1.165, 1.54) is 0 Å². The maximum atomic E-state index is 11.8. The number of hydrogen-bond donors (Lipinski definition) is 1. The molecule has 0 heterocycles. The molecule has 0 saturated carbocycles. The Morgan fingerprint density at radius 3 is 1.39 bits per heavy atom. The second-order valence-electron chi connectivity index (χ2n) is 3.15. The Kier molecular flexibility index (Phi) is 8.84. The Labute approximate surface area is 128 Å². The molecule has 0 unspecified atom stereocenters. The van der Waals surface area contributed by atoms with E-state index in [0.717, 1.165) is 11.1 Å². The number of benzene rings is 2. The third-order valence-electron chi connectivity index (χ3n) is 2.07. The Morgan fingerprint density at radius 1 is 0.833 bits per heavy atom. The van der Waals surface area contributed by atoms with Crippen molar-refractivity contribution in [2.24, 2.45) is 0 Å². The summed E-state index contributed by atoms with van der Waals surface area (Å²) in [6.07, 6.45) is 0. The Morgan fingerprint density at radius 2 is 1.11 bits per heavy atom. The molecule has 0 aliphatic heterocycles. The van der Waals surface area contributed by atoms with Crippen LogP contribution in [0.25, 0.3) is 0 Å². The molecule has 86 valence electrons. The van der Waals surface area contributed by atoms with Gasteiger partial charge < -0.3 is 9.90 Å². The minimum Gasteiger partial charge on any atom is -0.665 e. The molecule has 0 aliphatic carbocycles. The van der Waals surface area contributed by atoms with E-state index in [1.807, 2.05) is 60.7 Å². The molecule has 0 bridgehead atoms. The van der Waals surface area contributed by atoms with Crippen LogP contribution >= 0.6 is 0 Å². The molecule has 1 N–H and O–H groups in total. The SMILES string of the molecule is O=C(c1ccccc1)c1ccccc1.O=[C-]O.[Na+]. The smallest absolute Gasteiger partial charge is 0.665 e. The van der Waals surface area contributed by atoms with Gasteiger partial charge in [0.05, 0.1) is 0 Å². The van der Waals surface area contributed by atoms with Crippen LogP contribution in [-0.2, 0) is 4.79 Å². The zero-order valence-electron chi connectivity index (χ0n) is 10.0. The average molecular weight is 250 g/mol. The standard InChI is InChI=1S/C13H10O.CHO2.Na/c14-13(11-7-3-1-4-8-11)12-9-5-2-6-10-12;2-1-3;/h1-10H;(H,2,3);/q;-1;+1. The predicted octanol–water partition coefficient (Wildman–Crippen LogP) is -0.467. The minimum atomic E-state index is 0. The first kappa shape index (κ1) is 16.6. The Balaban J connectivity index is 0.000000660. The molecule has 0 atom stereocenters. The summed E-state index contributed by atoms with van der Waals surface area (Å²) in [4.78, 5) is 20.1. The zero-order chi connectivity index (χ0) is 12.5. The van der Waals surface area contributed by atoms with Crippen molar-refractivity contribution < 1.29 is 44.3 Å². The second-order valence-corrected chi connectivity index (χ2v) is 3.15. The van der Waals surface area contributed by atoms with Crippen molar-refractivity contribution in [2.45, 2.75) is 0 Å². The van der Waals surface area contributed by atoms with Gasteiger partial charge in [0.15, 0.2) is 5.78 Å². The van der Waals surface area contributed by atoms with Crippen LogP contribution in [0, 0.1) is 0 Å². The van der Waals surface area contributed by atoms with Crippen LogP contribution in [0.3, 0.4) is 0 Å². The molecule has 2 aromatic carbocycles. The largest absolute Gasteiger partial charge is 1.00 e. The fourth-order valence-electron chi connectivity index (χ4n) is 1.35. The Bertz CT molecular complexity index is 427. The molecule has 4 heteroatoms. The van der Waals surface area contributed by atoms with Gasteiger partial charge in [0.1, 0.15) is 0 Å². The maximum Gasteiger partial charge on any atom is 1.00 e. The van der Waals surface area contributed by atoms with Crippen LogP contribution in [0.2, 0.25) is 0 Å². The summed E-state index contributed by atoms with van der Waals surface area (Å²) in [5.41, 5.74) is 1.47. The maximum absolute atomic E-state index is 11.8. The van der Waals surface area contributed by atoms with Crippen LogP contribution < -0.4 is 29.6 Å². The topological polar surface area (TPSA) is 54.4 Å². The number of hydrogen-bond acceptors (Lipinski definition) is 2. The van der Waals surface area contributed by atoms with Crippen molar-refractivity contribution in [1.82, 2.24) is 0 Å². The minimum absolute atomic E-state index is 0. The molecule has 2 aromatic rings. The average Bonchev–Trinajstić information content (AvgIpc) is 2.41. The molecule has 0 fully saturated rings. The summed E-state index contributed by atoms with van der Waals surface area (Å²) in [6.45, 7) is 0.500. The zero-order valence-corrected chi connectivity index (χ0v) is 12.0. The van der Waals surface area contributed by atoms with Crippen LogP contribution in [-0.4, -0.2) is 17.4 Å². The van der Waals surface area contributed by atoms with E-state index in [0.29, 0.717) is 6.47 Å². The molecular weight excluding hydrogens is 239 g/mol. The van der Waals surface area contributed by atoms with Crippen LogP contribution in [0.1, 0.15) is 15.9 Å². The van der Waals surface area contributed by atoms with Gasteiger partial charge in [0, 0.05) is 11.1 Å².